The minimum atomic E-state index is -1.24. The number of aromatic hydroxyl groups is 1. The van der Waals surface area contributed by atoms with Crippen molar-refractivity contribution in [1.29, 1.82) is 5.26 Å². The lowest BCUT2D eigenvalue weighted by molar-refractivity contribution is 0.0373. The molecule has 0 radical (unpaired) electrons. The van der Waals surface area contributed by atoms with Gasteiger partial charge in [0, 0.05) is 5.56 Å². The van der Waals surface area contributed by atoms with Crippen LogP contribution >= 0.6 is 0 Å². The second kappa shape index (κ2) is 10.9. The highest BCUT2D eigenvalue weighted by Gasteiger charge is 2.27. The number of carbonyl (C=O) groups excluding carboxylic acids is 3. The molecule has 4 rings (SSSR count). The highest BCUT2D eigenvalue weighted by molar-refractivity contribution is 6.10. The number of hydrogen-bond donors (Lipinski definition) is 3. The van der Waals surface area contributed by atoms with Crippen molar-refractivity contribution < 1.29 is 33.4 Å². The Labute approximate surface area is 210 Å². The summed E-state index contributed by atoms with van der Waals surface area (Å²) in [5, 5.41) is 19.1. The molecule has 0 saturated carbocycles. The average molecular weight is 497 g/mol. The Balaban J connectivity index is 1.50. The van der Waals surface area contributed by atoms with E-state index in [9.17, 15) is 24.8 Å². The van der Waals surface area contributed by atoms with Crippen LogP contribution in [0.2, 0.25) is 0 Å². The van der Waals surface area contributed by atoms with Gasteiger partial charge < -0.3 is 19.0 Å². The number of ether oxygens (including phenoxy) is 2. The largest absolute Gasteiger partial charge is 0.507 e. The van der Waals surface area contributed by atoms with Gasteiger partial charge in [-0.1, -0.05) is 42.5 Å². The maximum absolute atomic E-state index is 12.6. The van der Waals surface area contributed by atoms with Gasteiger partial charge in [-0.3, -0.25) is 10.2 Å². The quantitative estimate of drug-likeness (QED) is 0.113. The summed E-state index contributed by atoms with van der Waals surface area (Å²) in [5.74, 6) is 1.51. The number of nitrogen functional groups attached to an aromatic ring is 1. The third kappa shape index (κ3) is 5.48. The summed E-state index contributed by atoms with van der Waals surface area (Å²) in [5.41, 5.74) is 2.54. The van der Waals surface area contributed by atoms with Gasteiger partial charge in [0.2, 0.25) is 5.76 Å². The average Bonchev–Trinajstić information content (AvgIpc) is 3.42. The molecule has 1 aromatic heterocycles. The number of nitriles is 1. The lowest BCUT2D eigenvalue weighted by Crippen LogP contribution is -2.32. The zero-order chi connectivity index (χ0) is 26.4. The van der Waals surface area contributed by atoms with Crippen molar-refractivity contribution in [3.8, 4) is 28.7 Å². The van der Waals surface area contributed by atoms with Gasteiger partial charge in [0.15, 0.2) is 0 Å². The summed E-state index contributed by atoms with van der Waals surface area (Å²) in [6.45, 7) is 0.379. The number of nitrogens with zero attached hydrogens (tertiary/aromatic N) is 1. The molecule has 4 aromatic rings. The second-order valence-corrected chi connectivity index (χ2v) is 7.65. The molecule has 0 unspecified atom stereocenters. The molecule has 1 amide bonds. The monoisotopic (exact) mass is 497 g/mol. The Bertz CT molecular complexity index is 1520. The first-order valence-corrected chi connectivity index (χ1v) is 10.8. The lowest BCUT2D eigenvalue weighted by atomic mass is 10.00. The molecule has 1 heterocycles. The number of benzene rings is 3. The molecule has 10 nitrogen and oxygen atoms in total. The summed E-state index contributed by atoms with van der Waals surface area (Å²) in [4.78, 5) is 37.3. The number of rotatable bonds is 7. The predicted molar refractivity (Wildman–Crippen MR) is 129 cm³/mol. The number of nitrogens with one attached hydrogen (secondary N) is 1. The number of furan rings is 1. The van der Waals surface area contributed by atoms with E-state index >= 15 is 0 Å². The van der Waals surface area contributed by atoms with Crippen LogP contribution in [-0.4, -0.2) is 23.0 Å². The van der Waals surface area contributed by atoms with E-state index in [1.807, 2.05) is 30.3 Å². The van der Waals surface area contributed by atoms with Crippen LogP contribution in [-0.2, 0) is 11.3 Å². The van der Waals surface area contributed by atoms with Crippen LogP contribution in [0, 0.1) is 11.3 Å². The van der Waals surface area contributed by atoms with Crippen molar-refractivity contribution in [3.63, 3.8) is 0 Å². The number of carbonyl (C=O) groups is 3. The maximum Gasteiger partial charge on any atom is 0.382 e. The first-order valence-electron chi connectivity index (χ1n) is 10.8. The highest BCUT2D eigenvalue weighted by Crippen LogP contribution is 2.28. The lowest BCUT2D eigenvalue weighted by Gasteiger charge is -2.10. The van der Waals surface area contributed by atoms with Crippen LogP contribution in [0.25, 0.3) is 11.1 Å². The maximum atomic E-state index is 12.6. The van der Waals surface area contributed by atoms with Gasteiger partial charge in [-0.2, -0.15) is 5.26 Å². The molecule has 10 heteroatoms. The van der Waals surface area contributed by atoms with Crippen LogP contribution in [0.1, 0.15) is 42.4 Å². The summed E-state index contributed by atoms with van der Waals surface area (Å²) in [7, 11) is 0. The normalized spacial score (nSPS) is 10.3. The van der Waals surface area contributed by atoms with Crippen molar-refractivity contribution in [2.45, 2.75) is 6.61 Å². The van der Waals surface area contributed by atoms with E-state index < -0.39 is 40.3 Å². The minimum Gasteiger partial charge on any atom is -0.507 e. The van der Waals surface area contributed by atoms with Gasteiger partial charge in [-0.25, -0.2) is 15.4 Å². The first kappa shape index (κ1) is 24.7. The SMILES string of the molecule is N#Cc1c(O)ccc(C(=O)OC(=O)c2cc(-c3cccc(OCc4ccccc4)c3)co2)c1C(=O)NN. The molecule has 0 bridgehead atoms. The standard InChI is InChI=1S/C27H19N3O7/c28-13-21-22(31)10-9-20(24(21)25(32)30-29)26(33)37-27(34)23-12-18(15-36-23)17-7-4-8-19(11-17)35-14-16-5-2-1-3-6-16/h1-12,15,31H,14,29H2,(H,30,32). The molecule has 0 fully saturated rings. The van der Waals surface area contributed by atoms with Crippen LogP contribution in [0.5, 0.6) is 11.5 Å². The van der Waals surface area contributed by atoms with Gasteiger partial charge in [-0.15, -0.1) is 0 Å². The molecule has 0 aliphatic rings. The molecule has 0 aliphatic carbocycles. The van der Waals surface area contributed by atoms with E-state index in [4.69, 9.17) is 19.7 Å². The van der Waals surface area contributed by atoms with E-state index in [2.05, 4.69) is 0 Å². The van der Waals surface area contributed by atoms with Gasteiger partial charge in [-0.05, 0) is 41.5 Å². The van der Waals surface area contributed by atoms with Crippen molar-refractivity contribution in [3.05, 3.63) is 107 Å². The summed E-state index contributed by atoms with van der Waals surface area (Å²) < 4.78 is 16.0. The molecular formula is C27H19N3O7. The van der Waals surface area contributed by atoms with Crippen LogP contribution in [0.15, 0.2) is 83.5 Å². The number of phenols is 1. The fraction of sp³-hybridized carbons (Fsp3) is 0.0370. The number of phenolic OH excluding ortho intramolecular Hbond substituents is 1. The number of hydrazine groups is 1. The third-order valence-electron chi connectivity index (χ3n) is 5.27. The first-order chi connectivity index (χ1) is 17.9. The van der Waals surface area contributed by atoms with Gasteiger partial charge >= 0.3 is 11.9 Å². The number of esters is 2. The molecule has 184 valence electrons. The fourth-order valence-corrected chi connectivity index (χ4v) is 3.47. The van der Waals surface area contributed by atoms with Gasteiger partial charge in [0.25, 0.3) is 5.91 Å². The summed E-state index contributed by atoms with van der Waals surface area (Å²) >= 11 is 0. The Hall–Kier alpha value is -5.40. The van der Waals surface area contributed by atoms with Crippen LogP contribution < -0.4 is 16.0 Å². The zero-order valence-electron chi connectivity index (χ0n) is 19.1. The molecule has 0 aliphatic heterocycles. The number of nitrogens with two attached hydrogens (primary N) is 1. The fourth-order valence-electron chi connectivity index (χ4n) is 3.47. The predicted octanol–water partition coefficient (Wildman–Crippen LogP) is 3.70. The van der Waals surface area contributed by atoms with E-state index in [-0.39, 0.29) is 5.76 Å². The van der Waals surface area contributed by atoms with Crippen LogP contribution in [0.3, 0.4) is 0 Å². The Kier molecular flexibility index (Phi) is 7.28. The molecule has 0 saturated heterocycles. The number of amides is 1. The summed E-state index contributed by atoms with van der Waals surface area (Å²) in [6, 6.07) is 21.8. The zero-order valence-corrected chi connectivity index (χ0v) is 19.1. The molecular weight excluding hydrogens is 478 g/mol. The summed E-state index contributed by atoms with van der Waals surface area (Å²) in [6.07, 6.45) is 1.32. The van der Waals surface area contributed by atoms with Gasteiger partial charge in [0.1, 0.15) is 29.7 Å². The third-order valence-corrected chi connectivity index (χ3v) is 5.27. The highest BCUT2D eigenvalue weighted by atomic mass is 16.6. The molecule has 3 aromatic carbocycles. The van der Waals surface area contributed by atoms with E-state index in [0.29, 0.717) is 23.5 Å². The smallest absolute Gasteiger partial charge is 0.382 e. The van der Waals surface area contributed by atoms with Crippen molar-refractivity contribution in [2.24, 2.45) is 5.84 Å². The molecule has 0 atom stereocenters. The Morgan fingerprint density at radius 2 is 1.76 bits per heavy atom. The Morgan fingerprint density at radius 3 is 2.49 bits per heavy atom. The number of hydrogen-bond acceptors (Lipinski definition) is 9. The van der Waals surface area contributed by atoms with Crippen molar-refractivity contribution in [1.82, 2.24) is 5.43 Å². The van der Waals surface area contributed by atoms with Crippen molar-refractivity contribution in [2.75, 3.05) is 0 Å². The van der Waals surface area contributed by atoms with E-state index in [0.717, 1.165) is 17.7 Å². The Morgan fingerprint density at radius 1 is 0.973 bits per heavy atom. The molecule has 37 heavy (non-hydrogen) atoms. The van der Waals surface area contributed by atoms with Crippen LogP contribution in [0.4, 0.5) is 0 Å². The van der Waals surface area contributed by atoms with Gasteiger partial charge in [0.05, 0.1) is 17.4 Å². The van der Waals surface area contributed by atoms with Crippen molar-refractivity contribution >= 4 is 17.8 Å². The minimum absolute atomic E-state index is 0.275. The van der Waals surface area contributed by atoms with E-state index in [1.54, 1.807) is 35.8 Å². The molecule has 0 spiro atoms. The second-order valence-electron chi connectivity index (χ2n) is 7.65. The molecule has 4 N–H and O–H groups in total. The topological polar surface area (TPSA) is 165 Å². The van der Waals surface area contributed by atoms with E-state index in [1.165, 1.54) is 12.3 Å².